The quantitative estimate of drug-likeness (QED) is 0.630. The topological polar surface area (TPSA) is 63.6 Å². The second kappa shape index (κ2) is 7.42. The molecule has 0 amide bonds. The predicted molar refractivity (Wildman–Crippen MR) is 99.0 cm³/mol. The van der Waals surface area contributed by atoms with Crippen molar-refractivity contribution in [3.8, 4) is 0 Å². The van der Waals surface area contributed by atoms with Crippen LogP contribution in [0.3, 0.4) is 0 Å². The number of aliphatic imine (C=N–C) groups is 2. The molecule has 1 fully saturated rings. The van der Waals surface area contributed by atoms with Gasteiger partial charge in [-0.25, -0.2) is 9.98 Å². The van der Waals surface area contributed by atoms with Crippen LogP contribution in [0.2, 0.25) is 0 Å². The van der Waals surface area contributed by atoms with Gasteiger partial charge in [-0.15, -0.1) is 0 Å². The first-order valence-electron chi connectivity index (χ1n) is 7.54. The van der Waals surface area contributed by atoms with Gasteiger partial charge >= 0.3 is 0 Å². The third kappa shape index (κ3) is 4.20. The molecule has 22 heavy (non-hydrogen) atoms. The van der Waals surface area contributed by atoms with Gasteiger partial charge in [0.1, 0.15) is 0 Å². The van der Waals surface area contributed by atoms with Crippen molar-refractivity contribution >= 4 is 51.0 Å². The number of hydrogen-bond acceptors (Lipinski definition) is 4. The van der Waals surface area contributed by atoms with E-state index < -0.39 is 0 Å². The zero-order chi connectivity index (χ0) is 15.4. The Kier molecular flexibility index (Phi) is 5.31. The largest absolute Gasteiger partial charge is 0.378 e. The minimum atomic E-state index is 0.604. The number of nitrogens with zero attached hydrogens (tertiary/aromatic N) is 3. The Morgan fingerprint density at radius 3 is 3.00 bits per heavy atom. The van der Waals surface area contributed by atoms with E-state index in [1.807, 2.05) is 18.2 Å². The number of nitrogens with two attached hydrogens (primary N) is 1. The molecule has 0 aromatic carbocycles. The average molecular weight is 379 g/mol. The van der Waals surface area contributed by atoms with Crippen LogP contribution in [0.4, 0.5) is 5.82 Å². The molecule has 1 saturated carbocycles. The van der Waals surface area contributed by atoms with Crippen LogP contribution in [-0.4, -0.2) is 22.1 Å². The van der Waals surface area contributed by atoms with Crippen LogP contribution in [-0.2, 0) is 6.54 Å². The normalized spacial score (nSPS) is 19.0. The molecule has 3 rings (SSSR count). The fraction of sp³-hybridized carbons (Fsp3) is 0.438. The first-order chi connectivity index (χ1) is 10.7. The van der Waals surface area contributed by atoms with Gasteiger partial charge in [-0.2, -0.15) is 0 Å². The summed E-state index contributed by atoms with van der Waals surface area (Å²) in [5.74, 6) is 2.53. The highest BCUT2D eigenvalue weighted by atomic mass is 79.9. The fourth-order valence-electron chi connectivity index (χ4n) is 2.74. The van der Waals surface area contributed by atoms with E-state index in [1.54, 1.807) is 18.0 Å². The summed E-state index contributed by atoms with van der Waals surface area (Å²) in [6.45, 7) is 0.643. The van der Waals surface area contributed by atoms with Crippen LogP contribution < -0.4 is 5.73 Å². The molecule has 0 radical (unpaired) electrons. The predicted octanol–water partition coefficient (Wildman–Crippen LogP) is 4.27. The number of hydrogen-bond donors (Lipinski definition) is 1. The minimum Gasteiger partial charge on any atom is -0.378 e. The van der Waals surface area contributed by atoms with E-state index >= 15 is 0 Å². The van der Waals surface area contributed by atoms with Gasteiger partial charge in [0, 0.05) is 16.4 Å². The van der Waals surface area contributed by atoms with Crippen molar-refractivity contribution in [1.82, 2.24) is 4.98 Å². The lowest BCUT2D eigenvalue weighted by Crippen LogP contribution is -2.10. The fourth-order valence-corrected chi connectivity index (χ4v) is 4.00. The molecule has 2 aliphatic rings. The SMILES string of the molecule is NC(=Nc1ccc2c(n1)C=C(Br)C=NC2)SCC1CCCC1. The Morgan fingerprint density at radius 1 is 1.36 bits per heavy atom. The molecule has 6 heteroatoms. The lowest BCUT2D eigenvalue weighted by molar-refractivity contribution is 0.624. The number of aromatic nitrogens is 1. The lowest BCUT2D eigenvalue weighted by Gasteiger charge is -2.07. The third-order valence-electron chi connectivity index (χ3n) is 3.91. The monoisotopic (exact) mass is 378 g/mol. The smallest absolute Gasteiger partial charge is 0.160 e. The second-order valence-electron chi connectivity index (χ2n) is 5.62. The van der Waals surface area contributed by atoms with Gasteiger partial charge in [-0.3, -0.25) is 4.99 Å². The Bertz CT molecular complexity index is 633. The van der Waals surface area contributed by atoms with E-state index in [0.29, 0.717) is 17.5 Å². The maximum Gasteiger partial charge on any atom is 0.160 e. The summed E-state index contributed by atoms with van der Waals surface area (Å²) in [4.78, 5) is 13.3. The van der Waals surface area contributed by atoms with Crippen LogP contribution in [0.5, 0.6) is 0 Å². The summed E-state index contributed by atoms with van der Waals surface area (Å²) in [6.07, 6.45) is 9.14. The van der Waals surface area contributed by atoms with Crippen LogP contribution in [0.15, 0.2) is 26.6 Å². The van der Waals surface area contributed by atoms with E-state index in [-0.39, 0.29) is 0 Å². The third-order valence-corrected chi connectivity index (χ3v) is 5.37. The zero-order valence-electron chi connectivity index (χ0n) is 12.3. The van der Waals surface area contributed by atoms with E-state index in [0.717, 1.165) is 27.4 Å². The molecule has 1 aliphatic heterocycles. The molecule has 0 unspecified atom stereocenters. The highest BCUT2D eigenvalue weighted by molar-refractivity contribution is 9.12. The maximum absolute atomic E-state index is 6.04. The highest BCUT2D eigenvalue weighted by Gasteiger charge is 2.15. The molecule has 2 N–H and O–H groups in total. The number of thioether (sulfide) groups is 1. The minimum absolute atomic E-state index is 0.604. The molecular weight excluding hydrogens is 360 g/mol. The van der Waals surface area contributed by atoms with Crippen molar-refractivity contribution in [2.75, 3.05) is 5.75 Å². The van der Waals surface area contributed by atoms with Gasteiger partial charge in [0.15, 0.2) is 11.0 Å². The number of amidine groups is 1. The van der Waals surface area contributed by atoms with Crippen molar-refractivity contribution in [2.24, 2.45) is 21.6 Å². The maximum atomic E-state index is 6.04. The van der Waals surface area contributed by atoms with E-state index in [9.17, 15) is 0 Å². The van der Waals surface area contributed by atoms with Gasteiger partial charge in [0.2, 0.25) is 0 Å². The van der Waals surface area contributed by atoms with Gasteiger partial charge < -0.3 is 5.73 Å². The Labute approximate surface area is 143 Å². The van der Waals surface area contributed by atoms with Crippen LogP contribution in [0.25, 0.3) is 6.08 Å². The number of halogens is 1. The van der Waals surface area contributed by atoms with Gasteiger partial charge in [-0.1, -0.05) is 30.7 Å². The van der Waals surface area contributed by atoms with Gasteiger partial charge in [-0.05, 0) is 52.4 Å². The van der Waals surface area contributed by atoms with Crippen molar-refractivity contribution in [3.05, 3.63) is 27.9 Å². The molecule has 4 nitrogen and oxygen atoms in total. The molecule has 1 aliphatic carbocycles. The van der Waals surface area contributed by atoms with Gasteiger partial charge in [0.25, 0.3) is 0 Å². The number of pyridine rings is 1. The number of allylic oxidation sites excluding steroid dienone is 1. The van der Waals surface area contributed by atoms with Crippen LogP contribution in [0.1, 0.15) is 36.9 Å². The summed E-state index contributed by atoms with van der Waals surface area (Å²) in [5, 5.41) is 0.604. The summed E-state index contributed by atoms with van der Waals surface area (Å²) in [7, 11) is 0. The molecule has 1 aromatic rings. The average Bonchev–Trinajstić information content (AvgIpc) is 2.94. The van der Waals surface area contributed by atoms with Crippen LogP contribution >= 0.6 is 27.7 Å². The molecule has 0 atom stereocenters. The molecule has 0 bridgehead atoms. The Balaban J connectivity index is 1.69. The Hall–Kier alpha value is -1.14. The number of rotatable bonds is 3. The molecule has 116 valence electrons. The molecule has 1 aromatic heterocycles. The summed E-state index contributed by atoms with van der Waals surface area (Å²) in [5.41, 5.74) is 8.04. The first-order valence-corrected chi connectivity index (χ1v) is 9.32. The summed E-state index contributed by atoms with van der Waals surface area (Å²) in [6, 6.07) is 3.93. The van der Waals surface area contributed by atoms with Crippen molar-refractivity contribution in [2.45, 2.75) is 32.2 Å². The van der Waals surface area contributed by atoms with Crippen LogP contribution in [0, 0.1) is 5.92 Å². The molecule has 2 heterocycles. The number of fused-ring (bicyclic) bond motifs is 1. The van der Waals surface area contributed by atoms with E-state index in [4.69, 9.17) is 5.73 Å². The van der Waals surface area contributed by atoms with Gasteiger partial charge in [0.05, 0.1) is 12.2 Å². The molecular formula is C16H19BrN4S. The molecule has 0 spiro atoms. The van der Waals surface area contributed by atoms with Crippen molar-refractivity contribution in [3.63, 3.8) is 0 Å². The standard InChI is InChI=1S/C16H19BrN4S/c17-13-7-14-12(8-19-9-13)5-6-15(20-14)21-16(18)22-10-11-3-1-2-4-11/h5-7,9,11H,1-4,8,10H2,(H2,18,20,21). The van der Waals surface area contributed by atoms with E-state index in [2.05, 4.69) is 30.9 Å². The lowest BCUT2D eigenvalue weighted by atomic mass is 10.1. The second-order valence-corrected chi connectivity index (χ2v) is 7.58. The summed E-state index contributed by atoms with van der Waals surface area (Å²) >= 11 is 5.10. The molecule has 0 saturated heterocycles. The van der Waals surface area contributed by atoms with Crippen molar-refractivity contribution < 1.29 is 0 Å². The summed E-state index contributed by atoms with van der Waals surface area (Å²) < 4.78 is 0.920. The zero-order valence-corrected chi connectivity index (χ0v) is 14.7. The first kappa shape index (κ1) is 15.7. The van der Waals surface area contributed by atoms with E-state index in [1.165, 1.54) is 25.7 Å². The van der Waals surface area contributed by atoms with Crippen molar-refractivity contribution in [1.29, 1.82) is 0 Å². The highest BCUT2D eigenvalue weighted by Crippen LogP contribution is 2.28. The Morgan fingerprint density at radius 2 is 2.18 bits per heavy atom.